The summed E-state index contributed by atoms with van der Waals surface area (Å²) in [7, 11) is 0. The minimum atomic E-state index is -0.594. The molecule has 1 atom stereocenters. The summed E-state index contributed by atoms with van der Waals surface area (Å²) in [5.41, 5.74) is -0.496. The van der Waals surface area contributed by atoms with Gasteiger partial charge in [-0.1, -0.05) is 11.6 Å². The molecule has 5 rings (SSSR count). The van der Waals surface area contributed by atoms with Gasteiger partial charge >= 0.3 is 0 Å². The molecular formula is C18H17ClFN3O3. The van der Waals surface area contributed by atoms with E-state index in [2.05, 4.69) is 15.6 Å². The maximum Gasteiger partial charge on any atom is 0.258 e. The number of halogens is 2. The van der Waals surface area contributed by atoms with Crippen LogP contribution in [0.1, 0.15) is 19.3 Å². The van der Waals surface area contributed by atoms with Crippen LogP contribution in [-0.4, -0.2) is 41.8 Å². The lowest BCUT2D eigenvalue weighted by Gasteiger charge is -2.70. The zero-order valence-corrected chi connectivity index (χ0v) is 14.6. The van der Waals surface area contributed by atoms with E-state index in [1.54, 1.807) is 18.4 Å². The molecule has 4 aliphatic rings. The van der Waals surface area contributed by atoms with Crippen molar-refractivity contribution in [3.05, 3.63) is 41.2 Å². The molecule has 1 heterocycles. The number of carbonyl (C=O) groups is 2. The van der Waals surface area contributed by atoms with Crippen molar-refractivity contribution in [1.29, 1.82) is 0 Å². The fraction of sp³-hybridized carbons (Fsp3) is 0.389. The molecule has 1 aromatic carbocycles. The van der Waals surface area contributed by atoms with Gasteiger partial charge in [-0.15, -0.1) is 0 Å². The van der Waals surface area contributed by atoms with E-state index >= 15 is 0 Å². The highest BCUT2D eigenvalue weighted by Gasteiger charge is 2.69. The number of nitrogens with zero attached hydrogens (tertiary/aromatic N) is 1. The summed E-state index contributed by atoms with van der Waals surface area (Å²) in [5, 5.41) is 5.97. The maximum atomic E-state index is 13.3. The number of ether oxygens (including phenoxy) is 1. The molecule has 26 heavy (non-hydrogen) atoms. The van der Waals surface area contributed by atoms with Crippen molar-refractivity contribution in [3.8, 4) is 5.75 Å². The SMILES string of the molecule is O=C(COc1ccc(Cl)c(F)c1)NC12CC(NC(=O)C3C=CC=N3)(C1)C2. The Morgan fingerprint density at radius 3 is 2.65 bits per heavy atom. The van der Waals surface area contributed by atoms with Crippen LogP contribution in [0.5, 0.6) is 5.75 Å². The highest BCUT2D eigenvalue weighted by Crippen LogP contribution is 2.60. The van der Waals surface area contributed by atoms with Crippen LogP contribution in [0.4, 0.5) is 4.39 Å². The Morgan fingerprint density at radius 2 is 2.00 bits per heavy atom. The summed E-state index contributed by atoms with van der Waals surface area (Å²) < 4.78 is 18.6. The first-order valence-corrected chi connectivity index (χ1v) is 8.67. The van der Waals surface area contributed by atoms with Gasteiger partial charge in [0, 0.05) is 23.4 Å². The van der Waals surface area contributed by atoms with Crippen LogP contribution < -0.4 is 15.4 Å². The topological polar surface area (TPSA) is 79.8 Å². The highest BCUT2D eigenvalue weighted by molar-refractivity contribution is 6.30. The molecule has 0 radical (unpaired) electrons. The van der Waals surface area contributed by atoms with Gasteiger partial charge in [-0.3, -0.25) is 14.6 Å². The molecule has 0 saturated heterocycles. The summed E-state index contributed by atoms with van der Waals surface area (Å²) in [6, 6.07) is 3.58. The zero-order chi connectivity index (χ0) is 18.4. The van der Waals surface area contributed by atoms with E-state index in [9.17, 15) is 14.0 Å². The second kappa shape index (κ2) is 6.09. The van der Waals surface area contributed by atoms with Crippen LogP contribution in [0, 0.1) is 5.82 Å². The molecular weight excluding hydrogens is 361 g/mol. The molecule has 1 unspecified atom stereocenters. The molecule has 3 fully saturated rings. The summed E-state index contributed by atoms with van der Waals surface area (Å²) in [6.45, 7) is -0.205. The van der Waals surface area contributed by atoms with Crippen molar-refractivity contribution >= 4 is 29.6 Å². The number of carbonyl (C=O) groups excluding carboxylic acids is 2. The Morgan fingerprint density at radius 1 is 1.27 bits per heavy atom. The van der Waals surface area contributed by atoms with Gasteiger partial charge in [-0.2, -0.15) is 0 Å². The van der Waals surface area contributed by atoms with E-state index in [0.717, 1.165) is 6.07 Å². The molecule has 8 heteroatoms. The third-order valence-electron chi connectivity index (χ3n) is 4.98. The average Bonchev–Trinajstić information content (AvgIpc) is 3.07. The van der Waals surface area contributed by atoms with Crippen molar-refractivity contribution < 1.29 is 18.7 Å². The van der Waals surface area contributed by atoms with Gasteiger partial charge < -0.3 is 15.4 Å². The number of nitrogens with one attached hydrogen (secondary N) is 2. The number of amides is 2. The number of aliphatic imine (C=N–C) groups is 1. The van der Waals surface area contributed by atoms with Gasteiger partial charge in [0.15, 0.2) is 6.61 Å². The first-order valence-electron chi connectivity index (χ1n) is 8.30. The van der Waals surface area contributed by atoms with Gasteiger partial charge in [-0.05, 0) is 43.5 Å². The lowest BCUT2D eigenvalue weighted by atomic mass is 9.44. The number of allylic oxidation sites excluding steroid dienone is 1. The first-order chi connectivity index (χ1) is 12.4. The lowest BCUT2D eigenvalue weighted by molar-refractivity contribution is -0.150. The van der Waals surface area contributed by atoms with Crippen molar-refractivity contribution in [2.45, 2.75) is 36.4 Å². The van der Waals surface area contributed by atoms with Crippen LogP contribution in [0.2, 0.25) is 5.02 Å². The first kappa shape index (κ1) is 17.0. The minimum absolute atomic E-state index is 0.00167. The van der Waals surface area contributed by atoms with Crippen molar-refractivity contribution in [2.24, 2.45) is 4.99 Å². The van der Waals surface area contributed by atoms with Gasteiger partial charge in [0.2, 0.25) is 5.91 Å². The quantitative estimate of drug-likeness (QED) is 0.793. The molecule has 3 aliphatic carbocycles. The monoisotopic (exact) mass is 377 g/mol. The van der Waals surface area contributed by atoms with Gasteiger partial charge in [0.25, 0.3) is 5.91 Å². The molecule has 136 valence electrons. The predicted molar refractivity (Wildman–Crippen MR) is 93.9 cm³/mol. The Hall–Kier alpha value is -2.41. The van der Waals surface area contributed by atoms with Crippen molar-refractivity contribution in [3.63, 3.8) is 0 Å². The summed E-state index contributed by atoms with van der Waals surface area (Å²) in [4.78, 5) is 28.2. The Bertz CT molecular complexity index is 807. The van der Waals surface area contributed by atoms with E-state index in [-0.39, 0.29) is 40.3 Å². The zero-order valence-electron chi connectivity index (χ0n) is 13.8. The van der Waals surface area contributed by atoms with Gasteiger partial charge in [0.1, 0.15) is 17.6 Å². The molecule has 2 amide bonds. The molecule has 0 spiro atoms. The number of benzene rings is 1. The lowest BCUT2D eigenvalue weighted by Crippen LogP contribution is -2.84. The predicted octanol–water partition coefficient (Wildman–Crippen LogP) is 1.77. The van der Waals surface area contributed by atoms with E-state index in [0.29, 0.717) is 19.3 Å². The summed E-state index contributed by atoms with van der Waals surface area (Å²) >= 11 is 5.60. The van der Waals surface area contributed by atoms with Gasteiger partial charge in [0.05, 0.1) is 5.02 Å². The standard InChI is InChI=1S/C18H17ClFN3O3/c19-12-4-3-11(6-13(12)20)26-7-15(24)22-17-8-18(9-17,10-17)23-16(25)14-2-1-5-21-14/h1-6,14H,7-10H2,(H,22,24)(H,23,25). The number of rotatable bonds is 6. The third-order valence-corrected chi connectivity index (χ3v) is 5.29. The normalized spacial score (nSPS) is 30.3. The molecule has 3 saturated carbocycles. The van der Waals surface area contributed by atoms with E-state index in [1.807, 2.05) is 0 Å². The maximum absolute atomic E-state index is 13.3. The molecule has 1 aliphatic heterocycles. The van der Waals surface area contributed by atoms with Gasteiger partial charge in [-0.25, -0.2) is 4.39 Å². The summed E-state index contributed by atoms with van der Waals surface area (Å²) in [5.74, 6) is -0.734. The number of hydrogen-bond donors (Lipinski definition) is 2. The molecule has 6 nitrogen and oxygen atoms in total. The molecule has 0 aromatic heterocycles. The Labute approximate surface area is 154 Å². The molecule has 2 N–H and O–H groups in total. The van der Waals surface area contributed by atoms with Crippen LogP contribution in [0.3, 0.4) is 0 Å². The van der Waals surface area contributed by atoms with E-state index in [4.69, 9.17) is 16.3 Å². The second-order valence-electron chi connectivity index (χ2n) is 7.12. The van der Waals surface area contributed by atoms with E-state index in [1.165, 1.54) is 12.1 Å². The van der Waals surface area contributed by atoms with Crippen LogP contribution >= 0.6 is 11.6 Å². The smallest absolute Gasteiger partial charge is 0.258 e. The Balaban J connectivity index is 1.22. The number of hydrogen-bond acceptors (Lipinski definition) is 4. The minimum Gasteiger partial charge on any atom is -0.484 e. The fourth-order valence-electron chi connectivity index (χ4n) is 3.94. The van der Waals surface area contributed by atoms with Crippen LogP contribution in [-0.2, 0) is 9.59 Å². The largest absolute Gasteiger partial charge is 0.484 e. The van der Waals surface area contributed by atoms with Crippen molar-refractivity contribution in [2.75, 3.05) is 6.61 Å². The Kier molecular flexibility index (Phi) is 3.99. The molecule has 2 bridgehead atoms. The molecule has 1 aromatic rings. The van der Waals surface area contributed by atoms with Crippen LogP contribution in [0.25, 0.3) is 0 Å². The van der Waals surface area contributed by atoms with E-state index < -0.39 is 11.9 Å². The third kappa shape index (κ3) is 3.07. The average molecular weight is 378 g/mol. The summed E-state index contributed by atoms with van der Waals surface area (Å²) in [6.07, 6.45) is 7.21. The second-order valence-corrected chi connectivity index (χ2v) is 7.53. The van der Waals surface area contributed by atoms with Crippen LogP contribution in [0.15, 0.2) is 35.3 Å². The fourth-order valence-corrected chi connectivity index (χ4v) is 4.06. The van der Waals surface area contributed by atoms with Crippen molar-refractivity contribution in [1.82, 2.24) is 10.6 Å². The highest BCUT2D eigenvalue weighted by atomic mass is 35.5.